The number of nitrogens with zero attached hydrogens (tertiary/aromatic N) is 5. The fraction of sp³-hybridized carbons (Fsp3) is 0.167. The van der Waals surface area contributed by atoms with Crippen molar-refractivity contribution in [1.29, 1.82) is 0 Å². The number of carbonyl (C=O) groups excluding carboxylic acids is 1. The SMILES string of the molecule is COc1ccc2ccn(CCn3cc(NC(=O)c4ncoc4-c4cccc(C)c4)cn3)c2n1. The van der Waals surface area contributed by atoms with Crippen LogP contribution >= 0.6 is 0 Å². The Morgan fingerprint density at radius 1 is 1.18 bits per heavy atom. The third-order valence-corrected chi connectivity index (χ3v) is 5.32. The second-order valence-electron chi connectivity index (χ2n) is 7.62. The Kier molecular flexibility index (Phi) is 5.35. The van der Waals surface area contributed by atoms with Crippen molar-refractivity contribution in [3.63, 3.8) is 0 Å². The zero-order valence-electron chi connectivity index (χ0n) is 18.2. The summed E-state index contributed by atoms with van der Waals surface area (Å²) >= 11 is 0. The molecule has 4 heterocycles. The van der Waals surface area contributed by atoms with Gasteiger partial charge in [0.05, 0.1) is 25.5 Å². The van der Waals surface area contributed by atoms with E-state index in [4.69, 9.17) is 9.15 Å². The smallest absolute Gasteiger partial charge is 0.278 e. The number of aryl methyl sites for hydroxylation is 3. The van der Waals surface area contributed by atoms with Crippen molar-refractivity contribution in [2.24, 2.45) is 0 Å². The van der Waals surface area contributed by atoms with Gasteiger partial charge < -0.3 is 19.0 Å². The predicted molar refractivity (Wildman–Crippen MR) is 123 cm³/mol. The minimum atomic E-state index is -0.354. The molecule has 0 aliphatic carbocycles. The van der Waals surface area contributed by atoms with Crippen LogP contribution in [0.15, 0.2) is 71.9 Å². The number of ether oxygens (including phenoxy) is 1. The highest BCUT2D eigenvalue weighted by molar-refractivity contribution is 6.06. The van der Waals surface area contributed by atoms with E-state index in [-0.39, 0.29) is 11.6 Å². The van der Waals surface area contributed by atoms with Crippen molar-refractivity contribution >= 4 is 22.6 Å². The third-order valence-electron chi connectivity index (χ3n) is 5.32. The maximum absolute atomic E-state index is 12.8. The van der Waals surface area contributed by atoms with Gasteiger partial charge in [-0.15, -0.1) is 0 Å². The van der Waals surface area contributed by atoms with Crippen molar-refractivity contribution in [3.05, 3.63) is 78.7 Å². The van der Waals surface area contributed by atoms with Crippen LogP contribution < -0.4 is 10.1 Å². The molecule has 0 aliphatic heterocycles. The molecule has 5 aromatic rings. The normalized spacial score (nSPS) is 11.1. The molecule has 0 saturated heterocycles. The number of methoxy groups -OCH3 is 1. The molecule has 0 radical (unpaired) electrons. The molecule has 0 saturated carbocycles. The third kappa shape index (κ3) is 4.20. The van der Waals surface area contributed by atoms with Crippen LogP contribution in [0.25, 0.3) is 22.4 Å². The molecule has 9 nitrogen and oxygen atoms in total. The first-order valence-electron chi connectivity index (χ1n) is 10.4. The molecule has 5 rings (SSSR count). The van der Waals surface area contributed by atoms with Gasteiger partial charge in [0.2, 0.25) is 5.88 Å². The van der Waals surface area contributed by atoms with Crippen molar-refractivity contribution < 1.29 is 13.9 Å². The molecule has 4 aromatic heterocycles. The van der Waals surface area contributed by atoms with Crippen LogP contribution in [0.5, 0.6) is 5.88 Å². The van der Waals surface area contributed by atoms with Crippen molar-refractivity contribution in [1.82, 2.24) is 24.3 Å². The summed E-state index contributed by atoms with van der Waals surface area (Å²) in [6, 6.07) is 13.6. The average molecular weight is 442 g/mol. The first-order chi connectivity index (χ1) is 16.1. The fourth-order valence-corrected chi connectivity index (χ4v) is 3.69. The van der Waals surface area contributed by atoms with E-state index in [2.05, 4.69) is 20.4 Å². The Morgan fingerprint density at radius 3 is 2.94 bits per heavy atom. The lowest BCUT2D eigenvalue weighted by molar-refractivity contribution is 0.102. The molecule has 9 heteroatoms. The number of oxazole rings is 1. The molecule has 0 fully saturated rings. The van der Waals surface area contributed by atoms with Gasteiger partial charge in [-0.25, -0.2) is 4.98 Å². The van der Waals surface area contributed by atoms with Crippen LogP contribution in [0, 0.1) is 6.92 Å². The lowest BCUT2D eigenvalue weighted by Gasteiger charge is -2.06. The number of aromatic nitrogens is 5. The molecule has 1 amide bonds. The number of benzene rings is 1. The number of anilines is 1. The Bertz CT molecular complexity index is 1430. The van der Waals surface area contributed by atoms with Gasteiger partial charge in [-0.1, -0.05) is 23.8 Å². The van der Waals surface area contributed by atoms with Crippen LogP contribution in [0.3, 0.4) is 0 Å². The Labute approximate surface area is 189 Å². The number of nitrogens with one attached hydrogen (secondary N) is 1. The van der Waals surface area contributed by atoms with Crippen molar-refractivity contribution in [2.45, 2.75) is 20.0 Å². The van der Waals surface area contributed by atoms with Crippen molar-refractivity contribution in [3.8, 4) is 17.2 Å². The summed E-state index contributed by atoms with van der Waals surface area (Å²) < 4.78 is 14.5. The largest absolute Gasteiger partial charge is 0.481 e. The van der Waals surface area contributed by atoms with Crippen LogP contribution in [0.2, 0.25) is 0 Å². The zero-order valence-corrected chi connectivity index (χ0v) is 18.2. The molecule has 1 N–H and O–H groups in total. The predicted octanol–water partition coefficient (Wildman–Crippen LogP) is 4.16. The molecule has 0 bridgehead atoms. The summed E-state index contributed by atoms with van der Waals surface area (Å²) in [7, 11) is 1.60. The maximum atomic E-state index is 12.8. The molecule has 166 valence electrons. The van der Waals surface area contributed by atoms with E-state index < -0.39 is 0 Å². The Hall–Kier alpha value is -4.40. The van der Waals surface area contributed by atoms with Gasteiger partial charge >= 0.3 is 0 Å². The number of fused-ring (bicyclic) bond motifs is 1. The first kappa shape index (κ1) is 20.5. The number of hydrogen-bond acceptors (Lipinski definition) is 6. The molecular weight excluding hydrogens is 420 g/mol. The van der Waals surface area contributed by atoms with E-state index in [1.165, 1.54) is 6.39 Å². The molecule has 33 heavy (non-hydrogen) atoms. The molecule has 0 aliphatic rings. The number of hydrogen-bond donors (Lipinski definition) is 1. The standard InChI is InChI=1S/C24H22N6O3/c1-16-4-3-5-18(12-16)22-21(25-15-33-22)24(31)27-19-13-26-30(14-19)11-10-29-9-8-17-6-7-20(32-2)28-23(17)29/h3-9,12-15H,10-11H2,1-2H3,(H,27,31). The quantitative estimate of drug-likeness (QED) is 0.406. The Balaban J connectivity index is 1.27. The van der Waals surface area contributed by atoms with E-state index >= 15 is 0 Å². The number of rotatable bonds is 7. The zero-order chi connectivity index (χ0) is 22.8. The van der Waals surface area contributed by atoms with Crippen LogP contribution in [0.4, 0.5) is 5.69 Å². The van der Waals surface area contributed by atoms with Gasteiger partial charge in [0, 0.05) is 36.0 Å². The van der Waals surface area contributed by atoms with Crippen LogP contribution in [-0.4, -0.2) is 37.3 Å². The molecule has 0 atom stereocenters. The average Bonchev–Trinajstić information content (AvgIpc) is 3.57. The van der Waals surface area contributed by atoms with Gasteiger partial charge in [-0.3, -0.25) is 9.48 Å². The monoisotopic (exact) mass is 442 g/mol. The van der Waals surface area contributed by atoms with Crippen molar-refractivity contribution in [2.75, 3.05) is 12.4 Å². The summed E-state index contributed by atoms with van der Waals surface area (Å²) in [5.41, 5.74) is 3.53. The van der Waals surface area contributed by atoms with Gasteiger partial charge in [-0.2, -0.15) is 10.1 Å². The van der Waals surface area contributed by atoms with E-state index in [9.17, 15) is 4.79 Å². The van der Waals surface area contributed by atoms with Crippen LogP contribution in [-0.2, 0) is 13.1 Å². The Morgan fingerprint density at radius 2 is 2.09 bits per heavy atom. The highest BCUT2D eigenvalue weighted by Crippen LogP contribution is 2.25. The summed E-state index contributed by atoms with van der Waals surface area (Å²) in [6.07, 6.45) is 6.66. The van der Waals surface area contributed by atoms with E-state index in [1.54, 1.807) is 24.2 Å². The second kappa shape index (κ2) is 8.62. The van der Waals surface area contributed by atoms with Gasteiger partial charge in [0.25, 0.3) is 5.91 Å². The van der Waals surface area contributed by atoms with E-state index in [1.807, 2.05) is 60.2 Å². The van der Waals surface area contributed by atoms with Crippen LogP contribution in [0.1, 0.15) is 16.1 Å². The van der Waals surface area contributed by atoms with Gasteiger partial charge in [-0.05, 0) is 25.1 Å². The molecule has 0 unspecified atom stereocenters. The summed E-state index contributed by atoms with van der Waals surface area (Å²) in [6.45, 7) is 3.26. The second-order valence-corrected chi connectivity index (χ2v) is 7.62. The topological polar surface area (TPSA) is 100 Å². The minimum absolute atomic E-state index is 0.229. The highest BCUT2D eigenvalue weighted by Gasteiger charge is 2.19. The summed E-state index contributed by atoms with van der Waals surface area (Å²) in [4.78, 5) is 21.4. The number of amides is 1. The number of carbonyl (C=O) groups is 1. The molecule has 0 spiro atoms. The lowest BCUT2D eigenvalue weighted by atomic mass is 10.1. The lowest BCUT2D eigenvalue weighted by Crippen LogP contribution is -2.13. The van der Waals surface area contributed by atoms with Gasteiger partial charge in [0.1, 0.15) is 5.65 Å². The highest BCUT2D eigenvalue weighted by atomic mass is 16.5. The van der Waals surface area contributed by atoms with E-state index in [0.29, 0.717) is 30.4 Å². The van der Waals surface area contributed by atoms with Gasteiger partial charge in [0.15, 0.2) is 17.8 Å². The molecule has 1 aromatic carbocycles. The maximum Gasteiger partial charge on any atom is 0.278 e. The number of pyridine rings is 1. The summed E-state index contributed by atoms with van der Waals surface area (Å²) in [5.74, 6) is 0.655. The first-order valence-corrected chi connectivity index (χ1v) is 10.4. The fourth-order valence-electron chi connectivity index (χ4n) is 3.69. The molecular formula is C24H22N6O3. The summed E-state index contributed by atoms with van der Waals surface area (Å²) in [5, 5.41) is 8.25. The minimum Gasteiger partial charge on any atom is -0.481 e. The van der Waals surface area contributed by atoms with E-state index in [0.717, 1.165) is 22.2 Å².